The number of rotatable bonds is 3. The number of hydrogen-bond donors (Lipinski definition) is 1. The van der Waals surface area contributed by atoms with E-state index in [2.05, 4.69) is 29.8 Å². The number of aromatic amines is 1. The Balaban J connectivity index is 1.61. The molecule has 0 bridgehead atoms. The molecule has 3 aromatic heterocycles. The summed E-state index contributed by atoms with van der Waals surface area (Å²) in [5.41, 5.74) is 1.34. The van der Waals surface area contributed by atoms with Gasteiger partial charge in [0.2, 0.25) is 5.95 Å². The number of nitrogens with one attached hydrogen (secondary N) is 1. The highest BCUT2D eigenvalue weighted by Crippen LogP contribution is 2.27. The van der Waals surface area contributed by atoms with Crippen LogP contribution in [0.5, 0.6) is 0 Å². The molecule has 0 aromatic carbocycles. The van der Waals surface area contributed by atoms with Gasteiger partial charge in [-0.05, 0) is 24.6 Å². The normalized spacial score (nSPS) is 17.2. The standard InChI is InChI=1S/C17H16N6O/c24-15-9-14(12-3-1-5-18-10-12)21-16(22-15)13-4-8-23(11-13)17-19-6-2-7-20-17/h1-3,5-7,9-10,13H,4,8,11H2,(H,21,22,24)/t13-/m1/s1. The Morgan fingerprint density at radius 1 is 1.17 bits per heavy atom. The monoisotopic (exact) mass is 320 g/mol. The predicted molar refractivity (Wildman–Crippen MR) is 89.7 cm³/mol. The highest BCUT2D eigenvalue weighted by Gasteiger charge is 2.27. The average molecular weight is 320 g/mol. The van der Waals surface area contributed by atoms with Crippen molar-refractivity contribution >= 4 is 5.95 Å². The fourth-order valence-electron chi connectivity index (χ4n) is 2.95. The summed E-state index contributed by atoms with van der Waals surface area (Å²) in [6.45, 7) is 1.58. The van der Waals surface area contributed by atoms with Gasteiger partial charge in [-0.3, -0.25) is 9.78 Å². The summed E-state index contributed by atoms with van der Waals surface area (Å²) in [6.07, 6.45) is 7.78. The molecule has 0 saturated carbocycles. The Hall–Kier alpha value is -3.09. The number of nitrogens with zero attached hydrogens (tertiary/aromatic N) is 5. The Kier molecular flexibility index (Phi) is 3.74. The molecule has 1 aliphatic rings. The van der Waals surface area contributed by atoms with Gasteiger partial charge in [0.05, 0.1) is 5.69 Å². The van der Waals surface area contributed by atoms with Gasteiger partial charge in [-0.25, -0.2) is 15.0 Å². The Labute approximate surface area is 138 Å². The maximum atomic E-state index is 12.0. The van der Waals surface area contributed by atoms with Crippen molar-refractivity contribution < 1.29 is 0 Å². The second-order valence-corrected chi connectivity index (χ2v) is 5.74. The van der Waals surface area contributed by atoms with E-state index in [1.165, 1.54) is 6.07 Å². The smallest absolute Gasteiger partial charge is 0.251 e. The van der Waals surface area contributed by atoms with Gasteiger partial charge in [-0.2, -0.15) is 0 Å². The summed E-state index contributed by atoms with van der Waals surface area (Å²) in [4.78, 5) is 34.3. The number of H-pyrrole nitrogens is 1. The Bertz CT molecular complexity index is 880. The first-order valence-electron chi connectivity index (χ1n) is 7.83. The molecule has 1 fully saturated rings. The molecule has 1 aliphatic heterocycles. The second kappa shape index (κ2) is 6.19. The van der Waals surface area contributed by atoms with Crippen LogP contribution >= 0.6 is 0 Å². The minimum atomic E-state index is -0.145. The molecule has 4 rings (SSSR count). The molecular formula is C17H16N6O. The van der Waals surface area contributed by atoms with E-state index in [4.69, 9.17) is 0 Å². The van der Waals surface area contributed by atoms with Crippen molar-refractivity contribution in [3.63, 3.8) is 0 Å². The van der Waals surface area contributed by atoms with Crippen molar-refractivity contribution in [1.82, 2.24) is 24.9 Å². The SMILES string of the molecule is O=c1cc(-c2cccnc2)nc([C@@H]2CCN(c3ncccn3)C2)[nH]1. The first-order valence-corrected chi connectivity index (χ1v) is 7.83. The van der Waals surface area contributed by atoms with Crippen LogP contribution in [-0.2, 0) is 0 Å². The first-order chi connectivity index (χ1) is 11.8. The molecular weight excluding hydrogens is 304 g/mol. The third kappa shape index (κ3) is 2.88. The lowest BCUT2D eigenvalue weighted by Gasteiger charge is -2.15. The maximum absolute atomic E-state index is 12.0. The van der Waals surface area contributed by atoms with E-state index in [9.17, 15) is 4.79 Å². The molecule has 24 heavy (non-hydrogen) atoms. The van der Waals surface area contributed by atoms with Crippen LogP contribution in [0.15, 0.2) is 53.8 Å². The Morgan fingerprint density at radius 2 is 2.04 bits per heavy atom. The van der Waals surface area contributed by atoms with Gasteiger partial charge < -0.3 is 9.88 Å². The lowest BCUT2D eigenvalue weighted by Crippen LogP contribution is -2.22. The molecule has 3 aromatic rings. The van der Waals surface area contributed by atoms with Crippen molar-refractivity contribution in [1.29, 1.82) is 0 Å². The first kappa shape index (κ1) is 14.5. The van der Waals surface area contributed by atoms with Crippen molar-refractivity contribution in [2.75, 3.05) is 18.0 Å². The van der Waals surface area contributed by atoms with E-state index in [1.54, 1.807) is 30.9 Å². The van der Waals surface area contributed by atoms with E-state index in [0.717, 1.165) is 25.1 Å². The highest BCUT2D eigenvalue weighted by molar-refractivity contribution is 5.57. The van der Waals surface area contributed by atoms with Gasteiger partial charge in [0.1, 0.15) is 5.82 Å². The lowest BCUT2D eigenvalue weighted by atomic mass is 10.1. The number of pyridine rings is 1. The quantitative estimate of drug-likeness (QED) is 0.789. The van der Waals surface area contributed by atoms with Crippen molar-refractivity contribution in [2.45, 2.75) is 12.3 Å². The van der Waals surface area contributed by atoms with E-state index < -0.39 is 0 Å². The minimum Gasteiger partial charge on any atom is -0.340 e. The van der Waals surface area contributed by atoms with Crippen molar-refractivity contribution in [2.24, 2.45) is 0 Å². The van der Waals surface area contributed by atoms with Crippen LogP contribution in [0, 0.1) is 0 Å². The second-order valence-electron chi connectivity index (χ2n) is 5.74. The van der Waals surface area contributed by atoms with E-state index in [0.29, 0.717) is 17.5 Å². The molecule has 7 nitrogen and oxygen atoms in total. The number of anilines is 1. The maximum Gasteiger partial charge on any atom is 0.251 e. The molecule has 0 unspecified atom stereocenters. The predicted octanol–water partition coefficient (Wildman–Crippen LogP) is 1.62. The zero-order valence-electron chi connectivity index (χ0n) is 13.0. The summed E-state index contributed by atoms with van der Waals surface area (Å²) in [5.74, 6) is 1.57. The van der Waals surface area contributed by atoms with Crippen molar-refractivity contribution in [3.05, 3.63) is 65.2 Å². The van der Waals surface area contributed by atoms with Crippen LogP contribution in [0.2, 0.25) is 0 Å². The van der Waals surface area contributed by atoms with Crippen LogP contribution in [0.4, 0.5) is 5.95 Å². The Morgan fingerprint density at radius 3 is 2.83 bits per heavy atom. The van der Waals surface area contributed by atoms with Gasteiger partial charge in [-0.1, -0.05) is 0 Å². The largest absolute Gasteiger partial charge is 0.340 e. The summed E-state index contributed by atoms with van der Waals surface area (Å²) < 4.78 is 0. The highest BCUT2D eigenvalue weighted by atomic mass is 16.1. The zero-order valence-corrected chi connectivity index (χ0v) is 13.0. The van der Waals surface area contributed by atoms with Crippen LogP contribution in [0.25, 0.3) is 11.3 Å². The van der Waals surface area contributed by atoms with Crippen LogP contribution < -0.4 is 10.5 Å². The number of hydrogen-bond acceptors (Lipinski definition) is 6. The summed E-state index contributed by atoms with van der Waals surface area (Å²) in [7, 11) is 0. The number of aromatic nitrogens is 5. The molecule has 1 atom stereocenters. The van der Waals surface area contributed by atoms with E-state index >= 15 is 0 Å². The average Bonchev–Trinajstić information content (AvgIpc) is 3.13. The van der Waals surface area contributed by atoms with Gasteiger partial charge in [-0.15, -0.1) is 0 Å². The van der Waals surface area contributed by atoms with Crippen molar-refractivity contribution in [3.8, 4) is 11.3 Å². The molecule has 120 valence electrons. The van der Waals surface area contributed by atoms with Crippen LogP contribution in [0.3, 0.4) is 0 Å². The van der Waals surface area contributed by atoms with Gasteiger partial charge >= 0.3 is 0 Å². The summed E-state index contributed by atoms with van der Waals surface area (Å²) in [5, 5.41) is 0. The molecule has 0 amide bonds. The third-order valence-corrected chi connectivity index (χ3v) is 4.13. The topological polar surface area (TPSA) is 87.7 Å². The summed E-state index contributed by atoms with van der Waals surface area (Å²) >= 11 is 0. The molecule has 0 aliphatic carbocycles. The molecule has 7 heteroatoms. The van der Waals surface area contributed by atoms with Gasteiger partial charge in [0, 0.05) is 55.4 Å². The molecule has 0 spiro atoms. The van der Waals surface area contributed by atoms with Gasteiger partial charge in [0.25, 0.3) is 5.56 Å². The molecule has 1 saturated heterocycles. The fraction of sp³-hybridized carbons (Fsp3) is 0.235. The van der Waals surface area contributed by atoms with Crippen LogP contribution in [0.1, 0.15) is 18.2 Å². The molecule has 4 heterocycles. The fourth-order valence-corrected chi connectivity index (χ4v) is 2.95. The lowest BCUT2D eigenvalue weighted by molar-refractivity contribution is 0.704. The third-order valence-electron chi connectivity index (χ3n) is 4.13. The van der Waals surface area contributed by atoms with E-state index in [1.807, 2.05) is 12.1 Å². The molecule has 1 N–H and O–H groups in total. The van der Waals surface area contributed by atoms with E-state index in [-0.39, 0.29) is 11.5 Å². The zero-order chi connectivity index (χ0) is 16.4. The minimum absolute atomic E-state index is 0.145. The van der Waals surface area contributed by atoms with Gasteiger partial charge in [0.15, 0.2) is 0 Å². The van der Waals surface area contributed by atoms with Crippen LogP contribution in [-0.4, -0.2) is 38.0 Å². The summed E-state index contributed by atoms with van der Waals surface area (Å²) in [6, 6.07) is 7.04. The molecule has 0 radical (unpaired) electrons.